The van der Waals surface area contributed by atoms with Gasteiger partial charge in [-0.05, 0) is 36.4 Å². The Labute approximate surface area is 101 Å². The van der Waals surface area contributed by atoms with Gasteiger partial charge in [0.2, 0.25) is 0 Å². The van der Waals surface area contributed by atoms with Gasteiger partial charge in [-0.25, -0.2) is 0 Å². The summed E-state index contributed by atoms with van der Waals surface area (Å²) in [6.45, 7) is 4.31. The van der Waals surface area contributed by atoms with E-state index in [1.54, 1.807) is 6.26 Å². The fraction of sp³-hybridized carbons (Fsp3) is 0.286. The molecule has 0 amide bonds. The predicted octanol–water partition coefficient (Wildman–Crippen LogP) is 2.36. The Morgan fingerprint density at radius 2 is 1.76 bits per heavy atom. The largest absolute Gasteiger partial charge is 0.464 e. The molecule has 0 saturated carbocycles. The van der Waals surface area contributed by atoms with Crippen molar-refractivity contribution in [3.8, 4) is 11.3 Å². The van der Waals surface area contributed by atoms with Crippen LogP contribution >= 0.6 is 0 Å². The van der Waals surface area contributed by atoms with E-state index < -0.39 is 0 Å². The average Bonchev–Trinajstić information content (AvgIpc) is 2.94. The van der Waals surface area contributed by atoms with Crippen LogP contribution in [0.2, 0.25) is 0 Å². The van der Waals surface area contributed by atoms with Gasteiger partial charge in [0.25, 0.3) is 0 Å². The number of benzene rings is 1. The third kappa shape index (κ3) is 2.19. The monoisotopic (exact) mass is 228 g/mol. The van der Waals surface area contributed by atoms with Crippen molar-refractivity contribution in [1.29, 1.82) is 0 Å². The van der Waals surface area contributed by atoms with Crippen molar-refractivity contribution < 1.29 is 4.42 Å². The van der Waals surface area contributed by atoms with Crippen LogP contribution in [0.4, 0.5) is 5.69 Å². The third-order valence-corrected chi connectivity index (χ3v) is 3.16. The van der Waals surface area contributed by atoms with Gasteiger partial charge in [0, 0.05) is 37.4 Å². The second-order valence-corrected chi connectivity index (χ2v) is 4.26. The lowest BCUT2D eigenvalue weighted by molar-refractivity contribution is 0.582. The summed E-state index contributed by atoms with van der Waals surface area (Å²) in [5.41, 5.74) is 2.43. The van der Waals surface area contributed by atoms with Crippen LogP contribution in [-0.4, -0.2) is 26.2 Å². The summed E-state index contributed by atoms with van der Waals surface area (Å²) in [4.78, 5) is 2.41. The topological polar surface area (TPSA) is 28.4 Å². The molecule has 0 aliphatic carbocycles. The summed E-state index contributed by atoms with van der Waals surface area (Å²) in [7, 11) is 0. The maximum Gasteiger partial charge on any atom is 0.133 e. The minimum Gasteiger partial charge on any atom is -0.464 e. The Morgan fingerprint density at radius 3 is 2.41 bits per heavy atom. The summed E-state index contributed by atoms with van der Waals surface area (Å²) in [5, 5.41) is 3.36. The molecule has 1 fully saturated rings. The Balaban J connectivity index is 1.80. The summed E-state index contributed by atoms with van der Waals surface area (Å²) < 4.78 is 5.38. The van der Waals surface area contributed by atoms with Crippen LogP contribution in [0, 0.1) is 0 Å². The van der Waals surface area contributed by atoms with Crippen LogP contribution in [0.25, 0.3) is 11.3 Å². The Kier molecular flexibility index (Phi) is 2.84. The van der Waals surface area contributed by atoms with Crippen LogP contribution in [0.15, 0.2) is 47.1 Å². The van der Waals surface area contributed by atoms with Crippen molar-refractivity contribution in [2.45, 2.75) is 0 Å². The molecule has 0 bridgehead atoms. The summed E-state index contributed by atoms with van der Waals surface area (Å²) in [6, 6.07) is 12.5. The van der Waals surface area contributed by atoms with E-state index in [1.807, 2.05) is 12.1 Å². The molecule has 3 nitrogen and oxygen atoms in total. The van der Waals surface area contributed by atoms with Gasteiger partial charge in [-0.2, -0.15) is 0 Å². The molecule has 2 aromatic rings. The predicted molar refractivity (Wildman–Crippen MR) is 69.2 cm³/mol. The van der Waals surface area contributed by atoms with E-state index in [0.29, 0.717) is 0 Å². The van der Waals surface area contributed by atoms with Crippen molar-refractivity contribution in [2.75, 3.05) is 31.1 Å². The fourth-order valence-corrected chi connectivity index (χ4v) is 2.20. The highest BCUT2D eigenvalue weighted by Crippen LogP contribution is 2.23. The molecule has 1 aromatic carbocycles. The van der Waals surface area contributed by atoms with Crippen molar-refractivity contribution in [3.63, 3.8) is 0 Å². The van der Waals surface area contributed by atoms with E-state index in [2.05, 4.69) is 34.5 Å². The first-order chi connectivity index (χ1) is 8.43. The van der Waals surface area contributed by atoms with Gasteiger partial charge in [0.1, 0.15) is 5.76 Å². The molecule has 2 heterocycles. The van der Waals surface area contributed by atoms with E-state index >= 15 is 0 Å². The Hall–Kier alpha value is -1.74. The maximum absolute atomic E-state index is 5.38. The zero-order valence-electron chi connectivity index (χ0n) is 9.73. The number of hydrogen-bond donors (Lipinski definition) is 1. The molecule has 3 heteroatoms. The summed E-state index contributed by atoms with van der Waals surface area (Å²) in [6.07, 6.45) is 1.71. The van der Waals surface area contributed by atoms with Crippen LogP contribution in [-0.2, 0) is 0 Å². The van der Waals surface area contributed by atoms with E-state index in [1.165, 1.54) is 5.69 Å². The van der Waals surface area contributed by atoms with Gasteiger partial charge in [-0.3, -0.25) is 0 Å². The van der Waals surface area contributed by atoms with Gasteiger partial charge in [0.05, 0.1) is 6.26 Å². The standard InChI is InChI=1S/C14H16N2O/c1-2-14(17-11-1)12-3-5-13(6-4-12)16-9-7-15-8-10-16/h1-6,11,15H,7-10H2. The van der Waals surface area contributed by atoms with Crippen LogP contribution in [0.1, 0.15) is 0 Å². The molecule has 1 aliphatic rings. The number of hydrogen-bond acceptors (Lipinski definition) is 3. The third-order valence-electron chi connectivity index (χ3n) is 3.16. The van der Waals surface area contributed by atoms with Gasteiger partial charge >= 0.3 is 0 Å². The highest BCUT2D eigenvalue weighted by Gasteiger charge is 2.10. The maximum atomic E-state index is 5.38. The second-order valence-electron chi connectivity index (χ2n) is 4.26. The molecule has 17 heavy (non-hydrogen) atoms. The van der Waals surface area contributed by atoms with Crippen LogP contribution < -0.4 is 10.2 Å². The summed E-state index contributed by atoms with van der Waals surface area (Å²) >= 11 is 0. The molecule has 0 radical (unpaired) electrons. The first-order valence-electron chi connectivity index (χ1n) is 6.03. The Bertz CT molecular complexity index is 455. The van der Waals surface area contributed by atoms with Crippen molar-refractivity contribution in [1.82, 2.24) is 5.32 Å². The lowest BCUT2D eigenvalue weighted by Gasteiger charge is -2.29. The molecule has 1 saturated heterocycles. The quantitative estimate of drug-likeness (QED) is 0.855. The number of furan rings is 1. The number of anilines is 1. The minimum absolute atomic E-state index is 0.928. The van der Waals surface area contributed by atoms with E-state index in [4.69, 9.17) is 4.42 Å². The molecule has 0 atom stereocenters. The lowest BCUT2D eigenvalue weighted by Crippen LogP contribution is -2.43. The molecule has 1 aliphatic heterocycles. The highest BCUT2D eigenvalue weighted by atomic mass is 16.3. The van der Waals surface area contributed by atoms with Crippen LogP contribution in [0.5, 0.6) is 0 Å². The SMILES string of the molecule is c1coc(-c2ccc(N3CCNCC3)cc2)c1. The number of nitrogens with one attached hydrogen (secondary N) is 1. The minimum atomic E-state index is 0.928. The lowest BCUT2D eigenvalue weighted by atomic mass is 10.1. The van der Waals surface area contributed by atoms with Gasteiger partial charge in [-0.15, -0.1) is 0 Å². The fourth-order valence-electron chi connectivity index (χ4n) is 2.20. The molecule has 88 valence electrons. The normalized spacial score (nSPS) is 16.1. The zero-order valence-corrected chi connectivity index (χ0v) is 9.73. The number of rotatable bonds is 2. The van der Waals surface area contributed by atoms with E-state index in [0.717, 1.165) is 37.5 Å². The molecule has 3 rings (SSSR count). The molecule has 1 N–H and O–H groups in total. The second kappa shape index (κ2) is 4.63. The first kappa shape index (κ1) is 10.4. The number of nitrogens with zero attached hydrogens (tertiary/aromatic N) is 1. The van der Waals surface area contributed by atoms with Gasteiger partial charge in [0.15, 0.2) is 0 Å². The van der Waals surface area contributed by atoms with Crippen molar-refractivity contribution >= 4 is 5.69 Å². The number of piperazine rings is 1. The first-order valence-corrected chi connectivity index (χ1v) is 6.03. The summed E-state index contributed by atoms with van der Waals surface area (Å²) in [5.74, 6) is 0.928. The smallest absolute Gasteiger partial charge is 0.133 e. The Morgan fingerprint density at radius 1 is 1.00 bits per heavy atom. The van der Waals surface area contributed by atoms with Gasteiger partial charge in [-0.1, -0.05) is 0 Å². The molecular formula is C14H16N2O. The van der Waals surface area contributed by atoms with E-state index in [-0.39, 0.29) is 0 Å². The highest BCUT2D eigenvalue weighted by molar-refractivity contribution is 5.61. The molecular weight excluding hydrogens is 212 g/mol. The molecule has 0 spiro atoms. The zero-order chi connectivity index (χ0) is 11.5. The van der Waals surface area contributed by atoms with Gasteiger partial charge < -0.3 is 14.6 Å². The molecule has 0 unspecified atom stereocenters. The van der Waals surface area contributed by atoms with Crippen LogP contribution in [0.3, 0.4) is 0 Å². The van der Waals surface area contributed by atoms with E-state index in [9.17, 15) is 0 Å². The molecule has 1 aromatic heterocycles. The average molecular weight is 228 g/mol. The van der Waals surface area contributed by atoms with Crippen molar-refractivity contribution in [2.24, 2.45) is 0 Å². The van der Waals surface area contributed by atoms with Crippen molar-refractivity contribution in [3.05, 3.63) is 42.7 Å².